The lowest BCUT2D eigenvalue weighted by molar-refractivity contribution is -0.274. The molecule has 0 aliphatic rings. The van der Waals surface area contributed by atoms with Crippen LogP contribution in [0.3, 0.4) is 0 Å². The third-order valence-electron chi connectivity index (χ3n) is 6.17. The first-order valence-corrected chi connectivity index (χ1v) is 12.7. The SMILES string of the molecule is CC(C)Cc1cc(OCc2ccc3ccccc3n2)ccc1-c1ccn(Cc2ccc(OC(F)(F)F)cc2)n1. The second-order valence-corrected chi connectivity index (χ2v) is 9.79. The lowest BCUT2D eigenvalue weighted by Gasteiger charge is -2.14. The number of ether oxygens (including phenoxy) is 2. The average Bonchev–Trinajstić information content (AvgIpc) is 3.35. The van der Waals surface area contributed by atoms with Gasteiger partial charge in [-0.05, 0) is 72.0 Å². The van der Waals surface area contributed by atoms with Gasteiger partial charge in [0.2, 0.25) is 0 Å². The zero-order chi connectivity index (χ0) is 27.4. The summed E-state index contributed by atoms with van der Waals surface area (Å²) in [6.45, 7) is 5.13. The first-order valence-electron chi connectivity index (χ1n) is 12.7. The van der Waals surface area contributed by atoms with Gasteiger partial charge in [-0.3, -0.25) is 4.68 Å². The molecule has 3 aromatic carbocycles. The van der Waals surface area contributed by atoms with Crippen molar-refractivity contribution < 1.29 is 22.6 Å². The number of aromatic nitrogens is 3. The minimum absolute atomic E-state index is 0.246. The van der Waals surface area contributed by atoms with Gasteiger partial charge in [0, 0.05) is 17.1 Å². The van der Waals surface area contributed by atoms with Gasteiger partial charge in [0.1, 0.15) is 18.1 Å². The Balaban J connectivity index is 1.30. The Morgan fingerprint density at radius 1 is 0.872 bits per heavy atom. The van der Waals surface area contributed by atoms with Crippen molar-refractivity contribution in [3.63, 3.8) is 0 Å². The summed E-state index contributed by atoms with van der Waals surface area (Å²) in [5.74, 6) is 0.954. The molecule has 0 amide bonds. The Hall–Kier alpha value is -4.33. The van der Waals surface area contributed by atoms with Crippen molar-refractivity contribution in [1.82, 2.24) is 14.8 Å². The number of benzene rings is 3. The fourth-order valence-electron chi connectivity index (χ4n) is 4.44. The summed E-state index contributed by atoms with van der Waals surface area (Å²) in [6.07, 6.45) is -1.99. The molecule has 39 heavy (non-hydrogen) atoms. The summed E-state index contributed by atoms with van der Waals surface area (Å²) < 4.78 is 49.1. The molecule has 0 atom stereocenters. The Bertz CT molecular complexity index is 1560. The van der Waals surface area contributed by atoms with Crippen LogP contribution in [0.2, 0.25) is 0 Å². The topological polar surface area (TPSA) is 49.2 Å². The molecule has 200 valence electrons. The fraction of sp³-hybridized carbons (Fsp3) is 0.226. The normalized spacial score (nSPS) is 11.7. The Morgan fingerprint density at radius 2 is 1.64 bits per heavy atom. The largest absolute Gasteiger partial charge is 0.573 e. The van der Waals surface area contributed by atoms with E-state index in [1.807, 2.05) is 54.7 Å². The Kier molecular flexibility index (Phi) is 7.54. The van der Waals surface area contributed by atoms with Crippen molar-refractivity contribution in [1.29, 1.82) is 0 Å². The maximum Gasteiger partial charge on any atom is 0.573 e. The second kappa shape index (κ2) is 11.2. The predicted octanol–water partition coefficient (Wildman–Crippen LogP) is 7.82. The molecule has 5 rings (SSSR count). The number of halogens is 3. The van der Waals surface area contributed by atoms with E-state index in [-0.39, 0.29) is 5.75 Å². The highest BCUT2D eigenvalue weighted by Gasteiger charge is 2.30. The molecule has 0 aliphatic carbocycles. The van der Waals surface area contributed by atoms with Crippen molar-refractivity contribution in [3.05, 3.63) is 108 Å². The first kappa shape index (κ1) is 26.3. The Labute approximate surface area is 224 Å². The summed E-state index contributed by atoms with van der Waals surface area (Å²) in [5, 5.41) is 5.83. The molecule has 8 heteroatoms. The van der Waals surface area contributed by atoms with Gasteiger partial charge in [0.15, 0.2) is 0 Å². The van der Waals surface area contributed by atoms with Crippen LogP contribution < -0.4 is 9.47 Å². The number of hydrogen-bond acceptors (Lipinski definition) is 4. The van der Waals surface area contributed by atoms with Crippen molar-refractivity contribution in [3.8, 4) is 22.8 Å². The van der Waals surface area contributed by atoms with E-state index >= 15 is 0 Å². The van der Waals surface area contributed by atoms with Crippen LogP contribution in [0, 0.1) is 5.92 Å². The molecule has 0 aliphatic heterocycles. The summed E-state index contributed by atoms with van der Waals surface area (Å²) in [6, 6.07) is 25.8. The lowest BCUT2D eigenvalue weighted by Crippen LogP contribution is -2.17. The average molecular weight is 532 g/mol. The molecule has 5 aromatic rings. The molecule has 0 radical (unpaired) electrons. The maximum absolute atomic E-state index is 12.4. The quantitative estimate of drug-likeness (QED) is 0.195. The summed E-state index contributed by atoms with van der Waals surface area (Å²) in [7, 11) is 0. The van der Waals surface area contributed by atoms with Crippen LogP contribution in [-0.4, -0.2) is 21.1 Å². The third kappa shape index (κ3) is 6.96. The highest BCUT2D eigenvalue weighted by Crippen LogP contribution is 2.29. The zero-order valence-electron chi connectivity index (χ0n) is 21.7. The number of fused-ring (bicyclic) bond motifs is 1. The first-order chi connectivity index (χ1) is 18.7. The molecule has 0 saturated carbocycles. The number of nitrogens with zero attached hydrogens (tertiary/aromatic N) is 3. The van der Waals surface area contributed by atoms with Crippen LogP contribution in [0.25, 0.3) is 22.2 Å². The van der Waals surface area contributed by atoms with Crippen LogP contribution in [-0.2, 0) is 19.6 Å². The van der Waals surface area contributed by atoms with Crippen molar-refractivity contribution in [2.45, 2.75) is 39.8 Å². The van der Waals surface area contributed by atoms with Gasteiger partial charge in [-0.25, -0.2) is 4.98 Å². The molecule has 0 fully saturated rings. The number of para-hydroxylation sites is 1. The monoisotopic (exact) mass is 531 g/mol. The van der Waals surface area contributed by atoms with Crippen LogP contribution in [0.4, 0.5) is 13.2 Å². The minimum atomic E-state index is -4.71. The molecule has 0 bridgehead atoms. The van der Waals surface area contributed by atoms with Gasteiger partial charge in [0.25, 0.3) is 0 Å². The van der Waals surface area contributed by atoms with Gasteiger partial charge in [-0.2, -0.15) is 5.10 Å². The van der Waals surface area contributed by atoms with Crippen LogP contribution in [0.1, 0.15) is 30.7 Å². The number of hydrogen-bond donors (Lipinski definition) is 0. The molecular formula is C31H28F3N3O2. The van der Waals surface area contributed by atoms with E-state index in [0.717, 1.165) is 51.2 Å². The maximum atomic E-state index is 12.4. The number of rotatable bonds is 9. The molecule has 5 nitrogen and oxygen atoms in total. The molecule has 0 N–H and O–H groups in total. The van der Waals surface area contributed by atoms with Crippen molar-refractivity contribution in [2.75, 3.05) is 0 Å². The number of alkyl halides is 3. The summed E-state index contributed by atoms with van der Waals surface area (Å²) >= 11 is 0. The van der Waals surface area contributed by atoms with E-state index < -0.39 is 6.36 Å². The molecular weight excluding hydrogens is 503 g/mol. The highest BCUT2D eigenvalue weighted by atomic mass is 19.4. The summed E-state index contributed by atoms with van der Waals surface area (Å²) in [5.41, 5.74) is 5.59. The van der Waals surface area contributed by atoms with E-state index in [4.69, 9.17) is 9.84 Å². The van der Waals surface area contributed by atoms with Gasteiger partial charge in [0.05, 0.1) is 23.4 Å². The predicted molar refractivity (Wildman–Crippen MR) is 145 cm³/mol. The lowest BCUT2D eigenvalue weighted by atomic mass is 9.96. The van der Waals surface area contributed by atoms with E-state index in [1.54, 1.807) is 16.8 Å². The van der Waals surface area contributed by atoms with Crippen molar-refractivity contribution >= 4 is 10.9 Å². The van der Waals surface area contributed by atoms with Crippen molar-refractivity contribution in [2.24, 2.45) is 5.92 Å². The van der Waals surface area contributed by atoms with Crippen LogP contribution >= 0.6 is 0 Å². The standard InChI is InChI=1S/C31H28F3N3O2/c1-21(2)17-24-18-27(38-20-25-10-9-23-5-3-4-6-29(23)35-25)13-14-28(24)30-15-16-37(36-30)19-22-7-11-26(12-8-22)39-31(32,33)34/h3-16,18,21H,17,19-20H2,1-2H3. The van der Waals surface area contributed by atoms with Gasteiger partial charge >= 0.3 is 6.36 Å². The van der Waals surface area contributed by atoms with Crippen LogP contribution in [0.5, 0.6) is 11.5 Å². The second-order valence-electron chi connectivity index (χ2n) is 9.79. The number of pyridine rings is 1. The highest BCUT2D eigenvalue weighted by molar-refractivity contribution is 5.78. The molecule has 2 heterocycles. The van der Waals surface area contributed by atoms with Gasteiger partial charge < -0.3 is 9.47 Å². The van der Waals surface area contributed by atoms with E-state index in [0.29, 0.717) is 19.1 Å². The molecule has 0 saturated heterocycles. The van der Waals surface area contributed by atoms with E-state index in [2.05, 4.69) is 35.7 Å². The van der Waals surface area contributed by atoms with Gasteiger partial charge in [-0.1, -0.05) is 50.2 Å². The van der Waals surface area contributed by atoms with E-state index in [9.17, 15) is 13.2 Å². The fourth-order valence-corrected chi connectivity index (χ4v) is 4.44. The van der Waals surface area contributed by atoms with E-state index in [1.165, 1.54) is 12.1 Å². The zero-order valence-corrected chi connectivity index (χ0v) is 21.7. The molecule has 2 aromatic heterocycles. The smallest absolute Gasteiger partial charge is 0.487 e. The molecule has 0 spiro atoms. The minimum Gasteiger partial charge on any atom is -0.487 e. The summed E-state index contributed by atoms with van der Waals surface area (Å²) in [4.78, 5) is 4.69. The third-order valence-corrected chi connectivity index (χ3v) is 6.17. The van der Waals surface area contributed by atoms with Gasteiger partial charge in [-0.15, -0.1) is 13.2 Å². The Morgan fingerprint density at radius 3 is 2.41 bits per heavy atom. The van der Waals surface area contributed by atoms with Crippen LogP contribution in [0.15, 0.2) is 91.1 Å². The molecule has 0 unspecified atom stereocenters.